The van der Waals surface area contributed by atoms with Crippen LogP contribution in [0, 0.1) is 0 Å². The van der Waals surface area contributed by atoms with E-state index in [2.05, 4.69) is 0 Å². The fourth-order valence-corrected chi connectivity index (χ4v) is 2.84. The number of aliphatic hydroxyl groups excluding tert-OH is 1. The van der Waals surface area contributed by atoms with Crippen LogP contribution in [0.2, 0.25) is 0 Å². The van der Waals surface area contributed by atoms with Gasteiger partial charge in [-0.2, -0.15) is 0 Å². The van der Waals surface area contributed by atoms with E-state index in [9.17, 15) is 9.90 Å². The van der Waals surface area contributed by atoms with Gasteiger partial charge in [-0.1, -0.05) is 18.9 Å². The molecule has 0 aliphatic carbocycles. The van der Waals surface area contributed by atoms with E-state index in [1.807, 2.05) is 0 Å². The largest absolute Gasteiger partial charge is 0.496 e. The molecule has 0 bridgehead atoms. The number of hydrogen-bond donors (Lipinski definition) is 1. The van der Waals surface area contributed by atoms with Crippen molar-refractivity contribution in [3.05, 3.63) is 23.8 Å². The van der Waals surface area contributed by atoms with Gasteiger partial charge in [-0.25, -0.2) is 0 Å². The molecular formula is C16H23NO4. The molecule has 1 N–H and O–H groups in total. The molecule has 5 nitrogen and oxygen atoms in total. The molecule has 116 valence electrons. The number of aliphatic hydroxyl groups is 1. The van der Waals surface area contributed by atoms with Crippen LogP contribution in [0.15, 0.2) is 18.2 Å². The Kier molecular flexibility index (Phi) is 5.44. The summed E-state index contributed by atoms with van der Waals surface area (Å²) in [7, 11) is 3.08. The van der Waals surface area contributed by atoms with Crippen LogP contribution in [-0.2, 0) is 0 Å². The Labute approximate surface area is 125 Å². The van der Waals surface area contributed by atoms with Crippen molar-refractivity contribution in [2.75, 3.05) is 27.4 Å². The van der Waals surface area contributed by atoms with Crippen molar-refractivity contribution in [3.63, 3.8) is 0 Å². The lowest BCUT2D eigenvalue weighted by molar-refractivity contribution is 0.0593. The van der Waals surface area contributed by atoms with E-state index in [1.54, 1.807) is 23.1 Å². The van der Waals surface area contributed by atoms with Crippen molar-refractivity contribution >= 4 is 5.91 Å². The number of benzene rings is 1. The number of rotatable bonds is 4. The van der Waals surface area contributed by atoms with Gasteiger partial charge in [-0.15, -0.1) is 0 Å². The van der Waals surface area contributed by atoms with Crippen LogP contribution in [-0.4, -0.2) is 49.3 Å². The van der Waals surface area contributed by atoms with Gasteiger partial charge in [0.05, 0.1) is 26.9 Å². The topological polar surface area (TPSA) is 59.0 Å². The Balaban J connectivity index is 2.37. The number of carbonyl (C=O) groups excluding carboxylic acids is 1. The standard InChI is InChI=1S/C16H23NO4/c1-20-13-8-6-9-14(21-2)15(13)16(19)17-10-5-3-4-7-12(17)11-18/h6,8-9,12,18H,3-5,7,10-11H2,1-2H3. The number of amides is 1. The molecule has 21 heavy (non-hydrogen) atoms. The fourth-order valence-electron chi connectivity index (χ4n) is 2.84. The van der Waals surface area contributed by atoms with Crippen LogP contribution in [0.4, 0.5) is 0 Å². The van der Waals surface area contributed by atoms with Gasteiger partial charge in [0.15, 0.2) is 0 Å². The molecule has 2 rings (SSSR count). The van der Waals surface area contributed by atoms with Crippen molar-refractivity contribution in [2.45, 2.75) is 31.7 Å². The SMILES string of the molecule is COc1cccc(OC)c1C(=O)N1CCCCCC1CO. The quantitative estimate of drug-likeness (QED) is 0.923. The van der Waals surface area contributed by atoms with Crippen LogP contribution in [0.25, 0.3) is 0 Å². The summed E-state index contributed by atoms with van der Waals surface area (Å²) in [6.07, 6.45) is 3.92. The number of carbonyl (C=O) groups is 1. The molecule has 0 aromatic heterocycles. The zero-order valence-electron chi connectivity index (χ0n) is 12.7. The average molecular weight is 293 g/mol. The summed E-state index contributed by atoms with van der Waals surface area (Å²) in [5.74, 6) is 0.867. The molecule has 1 aromatic rings. The highest BCUT2D eigenvalue weighted by Gasteiger charge is 2.29. The van der Waals surface area contributed by atoms with Gasteiger partial charge < -0.3 is 19.5 Å². The molecule has 1 atom stereocenters. The molecule has 1 aliphatic heterocycles. The minimum atomic E-state index is -0.134. The fraction of sp³-hybridized carbons (Fsp3) is 0.562. The van der Waals surface area contributed by atoms with Gasteiger partial charge in [0.2, 0.25) is 0 Å². The normalized spacial score (nSPS) is 19.0. The van der Waals surface area contributed by atoms with Crippen molar-refractivity contribution in [3.8, 4) is 11.5 Å². The van der Waals surface area contributed by atoms with Crippen LogP contribution in [0.1, 0.15) is 36.0 Å². The zero-order valence-corrected chi connectivity index (χ0v) is 12.7. The Morgan fingerprint density at radius 2 is 1.90 bits per heavy atom. The second-order valence-electron chi connectivity index (χ2n) is 5.22. The molecular weight excluding hydrogens is 270 g/mol. The predicted octanol–water partition coefficient (Wildman–Crippen LogP) is 2.08. The highest BCUT2D eigenvalue weighted by atomic mass is 16.5. The summed E-state index contributed by atoms with van der Waals surface area (Å²) >= 11 is 0. The lowest BCUT2D eigenvalue weighted by Gasteiger charge is -2.29. The molecule has 0 saturated carbocycles. The van der Waals surface area contributed by atoms with Crippen LogP contribution in [0.5, 0.6) is 11.5 Å². The summed E-state index contributed by atoms with van der Waals surface area (Å²) in [6, 6.07) is 5.17. The molecule has 1 fully saturated rings. The van der Waals surface area contributed by atoms with E-state index in [0.29, 0.717) is 23.6 Å². The highest BCUT2D eigenvalue weighted by Crippen LogP contribution is 2.31. The van der Waals surface area contributed by atoms with Gasteiger partial charge in [0.1, 0.15) is 17.1 Å². The summed E-state index contributed by atoms with van der Waals surface area (Å²) in [5.41, 5.74) is 0.433. The first-order chi connectivity index (χ1) is 10.2. The van der Waals surface area contributed by atoms with E-state index in [1.165, 1.54) is 14.2 Å². The van der Waals surface area contributed by atoms with Crippen molar-refractivity contribution in [2.24, 2.45) is 0 Å². The Morgan fingerprint density at radius 3 is 2.48 bits per heavy atom. The van der Waals surface area contributed by atoms with Crippen LogP contribution >= 0.6 is 0 Å². The van der Waals surface area contributed by atoms with E-state index in [4.69, 9.17) is 9.47 Å². The van der Waals surface area contributed by atoms with Gasteiger partial charge in [-0.3, -0.25) is 4.79 Å². The molecule has 1 heterocycles. The molecule has 5 heteroatoms. The summed E-state index contributed by atoms with van der Waals surface area (Å²) in [4.78, 5) is 14.7. The lowest BCUT2D eigenvalue weighted by atomic mass is 10.1. The lowest BCUT2D eigenvalue weighted by Crippen LogP contribution is -2.42. The maximum absolute atomic E-state index is 12.9. The summed E-state index contributed by atoms with van der Waals surface area (Å²) in [6.45, 7) is 0.647. The zero-order chi connectivity index (χ0) is 15.2. The Bertz CT molecular complexity index is 467. The maximum Gasteiger partial charge on any atom is 0.261 e. The highest BCUT2D eigenvalue weighted by molar-refractivity contribution is 6.00. The summed E-state index contributed by atoms with van der Waals surface area (Å²) < 4.78 is 10.6. The number of ether oxygens (including phenoxy) is 2. The third-order valence-electron chi connectivity index (χ3n) is 3.99. The number of likely N-dealkylation sites (tertiary alicyclic amines) is 1. The Morgan fingerprint density at radius 1 is 1.24 bits per heavy atom. The minimum Gasteiger partial charge on any atom is -0.496 e. The first-order valence-corrected chi connectivity index (χ1v) is 7.35. The third kappa shape index (κ3) is 3.29. The monoisotopic (exact) mass is 293 g/mol. The van der Waals surface area contributed by atoms with E-state index in [-0.39, 0.29) is 18.6 Å². The van der Waals surface area contributed by atoms with Gasteiger partial charge in [-0.05, 0) is 25.0 Å². The summed E-state index contributed by atoms with van der Waals surface area (Å²) in [5, 5.41) is 9.58. The molecule has 1 unspecified atom stereocenters. The second kappa shape index (κ2) is 7.31. The molecule has 1 aromatic carbocycles. The number of nitrogens with zero attached hydrogens (tertiary/aromatic N) is 1. The molecule has 1 aliphatic rings. The van der Waals surface area contributed by atoms with Gasteiger partial charge >= 0.3 is 0 Å². The first-order valence-electron chi connectivity index (χ1n) is 7.35. The van der Waals surface area contributed by atoms with E-state index < -0.39 is 0 Å². The Hall–Kier alpha value is -1.75. The van der Waals surface area contributed by atoms with E-state index >= 15 is 0 Å². The number of hydrogen-bond acceptors (Lipinski definition) is 4. The second-order valence-corrected chi connectivity index (χ2v) is 5.22. The van der Waals surface area contributed by atoms with Crippen molar-refractivity contribution < 1.29 is 19.4 Å². The number of methoxy groups -OCH3 is 2. The van der Waals surface area contributed by atoms with E-state index in [0.717, 1.165) is 25.7 Å². The van der Waals surface area contributed by atoms with Crippen molar-refractivity contribution in [1.29, 1.82) is 0 Å². The van der Waals surface area contributed by atoms with Gasteiger partial charge in [0, 0.05) is 6.54 Å². The minimum absolute atomic E-state index is 0.0107. The third-order valence-corrected chi connectivity index (χ3v) is 3.99. The molecule has 1 amide bonds. The predicted molar refractivity (Wildman–Crippen MR) is 79.9 cm³/mol. The van der Waals surface area contributed by atoms with Crippen LogP contribution in [0.3, 0.4) is 0 Å². The van der Waals surface area contributed by atoms with Crippen molar-refractivity contribution in [1.82, 2.24) is 4.90 Å². The maximum atomic E-state index is 12.9. The molecule has 1 saturated heterocycles. The van der Waals surface area contributed by atoms with Gasteiger partial charge in [0.25, 0.3) is 5.91 Å². The first kappa shape index (κ1) is 15.6. The van der Waals surface area contributed by atoms with Crippen LogP contribution < -0.4 is 9.47 Å². The average Bonchev–Trinajstić information content (AvgIpc) is 2.78. The smallest absolute Gasteiger partial charge is 0.261 e. The molecule has 0 radical (unpaired) electrons. The molecule has 0 spiro atoms.